The fourth-order valence-corrected chi connectivity index (χ4v) is 3.90. The molecular weight excluding hydrogens is 398 g/mol. The van der Waals surface area contributed by atoms with Crippen molar-refractivity contribution in [2.45, 2.75) is 6.92 Å². The molecule has 3 aromatic carbocycles. The summed E-state index contributed by atoms with van der Waals surface area (Å²) in [4.78, 5) is 13.6. The van der Waals surface area contributed by atoms with Gasteiger partial charge in [0.1, 0.15) is 0 Å². The molecule has 0 saturated heterocycles. The van der Waals surface area contributed by atoms with E-state index in [2.05, 4.69) is 28.6 Å². The average Bonchev–Trinajstić information content (AvgIpc) is 2.69. The maximum atomic E-state index is 13.6. The molecule has 1 heterocycles. The van der Waals surface area contributed by atoms with Gasteiger partial charge in [-0.1, -0.05) is 71.1 Å². The number of aromatic nitrogens is 1. The monoisotopic (exact) mass is 415 g/mol. The van der Waals surface area contributed by atoms with Gasteiger partial charge >= 0.3 is 0 Å². The first kappa shape index (κ1) is 17.5. The van der Waals surface area contributed by atoms with Crippen LogP contribution in [0.2, 0.25) is 0 Å². The summed E-state index contributed by atoms with van der Waals surface area (Å²) >= 11 is 3.57. The van der Waals surface area contributed by atoms with Crippen LogP contribution in [0.4, 0.5) is 0 Å². The maximum Gasteiger partial charge on any atom is 0.264 e. The Labute approximate surface area is 166 Å². The van der Waals surface area contributed by atoms with Crippen LogP contribution in [-0.2, 0) is 0 Å². The highest BCUT2D eigenvalue weighted by Gasteiger charge is 2.15. The molecule has 3 heteroatoms. The Morgan fingerprint density at radius 2 is 1.78 bits per heavy atom. The number of benzene rings is 3. The molecule has 1 aromatic heterocycles. The molecule has 0 radical (unpaired) electrons. The highest BCUT2D eigenvalue weighted by molar-refractivity contribution is 9.10. The molecule has 0 bridgehead atoms. The second-order valence-corrected chi connectivity index (χ2v) is 7.31. The first-order valence-electron chi connectivity index (χ1n) is 8.76. The Morgan fingerprint density at radius 1 is 1.00 bits per heavy atom. The molecular formula is C24H18BrNO. The topological polar surface area (TPSA) is 22.0 Å². The summed E-state index contributed by atoms with van der Waals surface area (Å²) in [6, 6.07) is 21.7. The molecule has 0 spiro atoms. The normalized spacial score (nSPS) is 11.5. The van der Waals surface area contributed by atoms with Crippen LogP contribution in [0.3, 0.4) is 0 Å². The van der Waals surface area contributed by atoms with Crippen LogP contribution in [-0.4, -0.2) is 4.57 Å². The minimum atomic E-state index is -0.0349. The van der Waals surface area contributed by atoms with E-state index in [-0.39, 0.29) is 5.56 Å². The Balaban J connectivity index is 2.26. The van der Waals surface area contributed by atoms with Crippen LogP contribution >= 0.6 is 15.9 Å². The highest BCUT2D eigenvalue weighted by Crippen LogP contribution is 2.31. The third-order valence-corrected chi connectivity index (χ3v) is 5.19. The molecule has 4 aromatic rings. The quantitative estimate of drug-likeness (QED) is 0.276. The molecule has 0 aliphatic heterocycles. The van der Waals surface area contributed by atoms with Gasteiger partial charge in [-0.3, -0.25) is 9.36 Å². The van der Waals surface area contributed by atoms with Crippen molar-refractivity contribution in [2.75, 3.05) is 0 Å². The Bertz CT molecular complexity index is 1270. The maximum absolute atomic E-state index is 13.6. The van der Waals surface area contributed by atoms with Gasteiger partial charge in [0.2, 0.25) is 0 Å². The summed E-state index contributed by atoms with van der Waals surface area (Å²) in [5, 5.41) is 2.65. The van der Waals surface area contributed by atoms with Crippen molar-refractivity contribution in [3.8, 4) is 5.69 Å². The van der Waals surface area contributed by atoms with Gasteiger partial charge in [0.05, 0.1) is 10.9 Å². The fraction of sp³-hybridized carbons (Fsp3) is 0.0417. The van der Waals surface area contributed by atoms with Crippen LogP contribution in [0, 0.1) is 0 Å². The largest absolute Gasteiger partial charge is 0.276 e. The van der Waals surface area contributed by atoms with Crippen molar-refractivity contribution < 1.29 is 0 Å². The van der Waals surface area contributed by atoms with Gasteiger partial charge in [-0.2, -0.15) is 0 Å². The number of pyridine rings is 1. The second-order valence-electron chi connectivity index (χ2n) is 6.39. The Hall–Kier alpha value is -2.91. The van der Waals surface area contributed by atoms with Crippen molar-refractivity contribution >= 4 is 43.2 Å². The van der Waals surface area contributed by atoms with Gasteiger partial charge in [-0.25, -0.2) is 0 Å². The van der Waals surface area contributed by atoms with Crippen molar-refractivity contribution in [1.82, 2.24) is 4.57 Å². The molecule has 0 unspecified atom stereocenters. The predicted octanol–water partition coefficient (Wildman–Crippen LogP) is 6.50. The van der Waals surface area contributed by atoms with E-state index in [0.29, 0.717) is 5.39 Å². The zero-order valence-corrected chi connectivity index (χ0v) is 16.5. The van der Waals surface area contributed by atoms with Crippen molar-refractivity contribution in [3.05, 3.63) is 106 Å². The number of allylic oxidation sites excluding steroid dienone is 3. The number of para-hydroxylation sites is 1. The van der Waals surface area contributed by atoms with Gasteiger partial charge in [0, 0.05) is 15.5 Å². The molecule has 132 valence electrons. The number of rotatable bonds is 3. The Kier molecular flexibility index (Phi) is 4.54. The predicted molar refractivity (Wildman–Crippen MR) is 119 cm³/mol. The van der Waals surface area contributed by atoms with E-state index in [1.54, 1.807) is 4.57 Å². The average molecular weight is 416 g/mol. The zero-order valence-electron chi connectivity index (χ0n) is 14.9. The number of nitrogens with zero attached hydrogens (tertiary/aromatic N) is 1. The van der Waals surface area contributed by atoms with Crippen molar-refractivity contribution in [1.29, 1.82) is 0 Å². The van der Waals surface area contributed by atoms with Gasteiger partial charge in [0.15, 0.2) is 0 Å². The summed E-state index contributed by atoms with van der Waals surface area (Å²) in [6.07, 6.45) is 3.88. The lowest BCUT2D eigenvalue weighted by atomic mass is 9.97. The van der Waals surface area contributed by atoms with Crippen LogP contribution in [0.1, 0.15) is 12.5 Å². The molecule has 0 atom stereocenters. The molecule has 2 nitrogen and oxygen atoms in total. The molecule has 0 fully saturated rings. The molecule has 27 heavy (non-hydrogen) atoms. The first-order chi connectivity index (χ1) is 13.1. The van der Waals surface area contributed by atoms with Gasteiger partial charge in [-0.05, 0) is 53.8 Å². The molecule has 0 N–H and O–H groups in total. The summed E-state index contributed by atoms with van der Waals surface area (Å²) in [5.41, 5.74) is 3.39. The van der Waals surface area contributed by atoms with Crippen LogP contribution in [0.5, 0.6) is 0 Å². The number of hydrogen-bond acceptors (Lipinski definition) is 1. The molecule has 0 amide bonds. The molecule has 4 rings (SSSR count). The van der Waals surface area contributed by atoms with E-state index in [0.717, 1.165) is 37.6 Å². The third kappa shape index (κ3) is 2.94. The highest BCUT2D eigenvalue weighted by atomic mass is 79.9. The van der Waals surface area contributed by atoms with Crippen molar-refractivity contribution in [2.24, 2.45) is 0 Å². The third-order valence-electron chi connectivity index (χ3n) is 4.70. The van der Waals surface area contributed by atoms with E-state index in [1.807, 2.05) is 79.7 Å². The second kappa shape index (κ2) is 7.01. The van der Waals surface area contributed by atoms with Crippen LogP contribution in [0.25, 0.3) is 32.9 Å². The van der Waals surface area contributed by atoms with E-state index in [1.165, 1.54) is 0 Å². The van der Waals surface area contributed by atoms with Crippen LogP contribution in [0.15, 0.2) is 94.7 Å². The summed E-state index contributed by atoms with van der Waals surface area (Å²) in [6.45, 7) is 6.11. The minimum absolute atomic E-state index is 0.0349. The molecule has 0 aliphatic carbocycles. The molecule has 0 saturated carbocycles. The zero-order chi connectivity index (χ0) is 19.0. The lowest BCUT2D eigenvalue weighted by molar-refractivity contribution is 1.06. The van der Waals surface area contributed by atoms with Crippen molar-refractivity contribution in [3.63, 3.8) is 0 Å². The SMILES string of the molecule is C=C(/C=C\C)c1cccc2c1c(=O)n(-c1ccccc1)c1ccc(Br)cc21. The minimum Gasteiger partial charge on any atom is -0.276 e. The van der Waals surface area contributed by atoms with E-state index in [4.69, 9.17) is 0 Å². The number of fused-ring (bicyclic) bond motifs is 3. The van der Waals surface area contributed by atoms with Gasteiger partial charge in [-0.15, -0.1) is 0 Å². The number of halogens is 1. The van der Waals surface area contributed by atoms with Crippen LogP contribution < -0.4 is 5.56 Å². The first-order valence-corrected chi connectivity index (χ1v) is 9.55. The summed E-state index contributed by atoms with van der Waals surface area (Å²) < 4.78 is 2.77. The number of hydrogen-bond donors (Lipinski definition) is 0. The summed E-state index contributed by atoms with van der Waals surface area (Å²) in [7, 11) is 0. The van der Waals surface area contributed by atoms with E-state index in [9.17, 15) is 4.79 Å². The Morgan fingerprint density at radius 3 is 2.52 bits per heavy atom. The lowest BCUT2D eigenvalue weighted by Gasteiger charge is -2.16. The fourth-order valence-electron chi connectivity index (χ4n) is 3.54. The lowest BCUT2D eigenvalue weighted by Crippen LogP contribution is -2.20. The van der Waals surface area contributed by atoms with E-state index >= 15 is 0 Å². The molecule has 0 aliphatic rings. The smallest absolute Gasteiger partial charge is 0.264 e. The van der Waals surface area contributed by atoms with Gasteiger partial charge < -0.3 is 0 Å². The van der Waals surface area contributed by atoms with Gasteiger partial charge in [0.25, 0.3) is 5.56 Å². The van der Waals surface area contributed by atoms with E-state index < -0.39 is 0 Å². The summed E-state index contributed by atoms with van der Waals surface area (Å²) in [5.74, 6) is 0. The standard InChI is InChI=1S/C24H18BrNO/c1-3-8-16(2)19-11-7-12-20-21-15-17(25)13-14-22(21)26(24(27)23(19)20)18-9-5-4-6-10-18/h3-15H,2H2,1H3/b8-3-.